The fourth-order valence-corrected chi connectivity index (χ4v) is 5.99. The number of carbonyl (C=O) groups excluding carboxylic acids is 1. The van der Waals surface area contributed by atoms with Crippen LogP contribution in [0.5, 0.6) is 5.88 Å². The second-order valence-corrected chi connectivity index (χ2v) is 9.39. The molecule has 8 heteroatoms. The lowest BCUT2D eigenvalue weighted by Crippen LogP contribution is -2.36. The van der Waals surface area contributed by atoms with E-state index in [1.54, 1.807) is 6.33 Å². The van der Waals surface area contributed by atoms with E-state index in [9.17, 15) is 4.79 Å². The third-order valence-electron chi connectivity index (χ3n) is 5.40. The summed E-state index contributed by atoms with van der Waals surface area (Å²) in [6.45, 7) is 3.99. The van der Waals surface area contributed by atoms with Gasteiger partial charge in [-0.25, -0.2) is 9.97 Å². The van der Waals surface area contributed by atoms with Crippen molar-refractivity contribution in [3.63, 3.8) is 0 Å². The van der Waals surface area contributed by atoms with E-state index >= 15 is 0 Å². The van der Waals surface area contributed by atoms with Gasteiger partial charge in [0.25, 0.3) is 0 Å². The number of thioether (sulfide) groups is 1. The molecule has 2 fully saturated rings. The number of aromatic nitrogens is 2. The molecule has 26 heavy (non-hydrogen) atoms. The number of hydrogen-bond donors (Lipinski definition) is 0. The number of nitrogens with zero attached hydrogens (tertiary/aromatic N) is 4. The molecule has 1 aromatic heterocycles. The van der Waals surface area contributed by atoms with Gasteiger partial charge < -0.3 is 9.64 Å². The Hall–Kier alpha value is -0.990. The van der Waals surface area contributed by atoms with Crippen LogP contribution in [0.2, 0.25) is 0 Å². The lowest BCUT2D eigenvalue weighted by Gasteiger charge is -2.33. The molecule has 1 amide bonds. The molecule has 4 rings (SSSR count). The maximum absolute atomic E-state index is 10.8. The summed E-state index contributed by atoms with van der Waals surface area (Å²) < 4.78 is 8.71. The number of fused-ring (bicyclic) bond motifs is 1. The highest BCUT2D eigenvalue weighted by molar-refractivity contribution is 7.99. The normalized spacial score (nSPS) is 22.4. The Morgan fingerprint density at radius 2 is 2.00 bits per heavy atom. The second-order valence-electron chi connectivity index (χ2n) is 7.18. The topological polar surface area (TPSA) is 58.6 Å². The van der Waals surface area contributed by atoms with Crippen LogP contribution < -0.4 is 4.74 Å². The van der Waals surface area contributed by atoms with E-state index in [4.69, 9.17) is 4.74 Å². The largest absolute Gasteiger partial charge is 0.473 e. The SMILES string of the molecule is O=CN1CCC(CSN2CCC(Oc3ncnc4c3SCC4)CC2)CC1. The molecule has 1 aromatic rings. The predicted molar refractivity (Wildman–Crippen MR) is 105 cm³/mol. The maximum atomic E-state index is 10.8. The van der Waals surface area contributed by atoms with Gasteiger partial charge in [0.2, 0.25) is 12.3 Å². The second kappa shape index (κ2) is 8.80. The van der Waals surface area contributed by atoms with Crippen molar-refractivity contribution in [2.24, 2.45) is 5.92 Å². The molecule has 0 unspecified atom stereocenters. The van der Waals surface area contributed by atoms with E-state index < -0.39 is 0 Å². The van der Waals surface area contributed by atoms with E-state index in [0.29, 0.717) is 0 Å². The smallest absolute Gasteiger partial charge is 0.231 e. The summed E-state index contributed by atoms with van der Waals surface area (Å²) in [7, 11) is 0. The molecular formula is C18H26N4O2S2. The summed E-state index contributed by atoms with van der Waals surface area (Å²) in [5, 5.41) is 0. The van der Waals surface area contributed by atoms with Gasteiger partial charge in [0.1, 0.15) is 12.4 Å². The number of hydrogen-bond acceptors (Lipinski definition) is 7. The minimum atomic E-state index is 0.267. The van der Waals surface area contributed by atoms with E-state index in [1.165, 1.54) is 5.75 Å². The van der Waals surface area contributed by atoms with Gasteiger partial charge in [-0.1, -0.05) is 11.9 Å². The third-order valence-corrected chi connectivity index (χ3v) is 7.86. The van der Waals surface area contributed by atoms with Crippen LogP contribution in [-0.4, -0.2) is 69.4 Å². The average Bonchev–Trinajstić information content (AvgIpc) is 3.18. The zero-order chi connectivity index (χ0) is 17.8. The van der Waals surface area contributed by atoms with Gasteiger partial charge in [-0.15, -0.1) is 11.8 Å². The van der Waals surface area contributed by atoms with Crippen molar-refractivity contribution < 1.29 is 9.53 Å². The Kier molecular flexibility index (Phi) is 6.22. The molecule has 3 aliphatic rings. The summed E-state index contributed by atoms with van der Waals surface area (Å²) in [5.41, 5.74) is 1.15. The third kappa shape index (κ3) is 4.46. The molecule has 142 valence electrons. The first-order chi connectivity index (χ1) is 12.8. The zero-order valence-electron chi connectivity index (χ0n) is 15.0. The number of piperidine rings is 2. The first kappa shape index (κ1) is 18.4. The van der Waals surface area contributed by atoms with Crippen LogP contribution in [0.25, 0.3) is 0 Å². The quantitative estimate of drug-likeness (QED) is 0.543. The van der Waals surface area contributed by atoms with Crippen LogP contribution >= 0.6 is 23.7 Å². The minimum Gasteiger partial charge on any atom is -0.473 e. The number of likely N-dealkylation sites (tertiary alicyclic amines) is 1. The highest BCUT2D eigenvalue weighted by Crippen LogP contribution is 2.37. The maximum Gasteiger partial charge on any atom is 0.231 e. The standard InChI is InChI=1S/C18H26N4O2S2/c23-13-21-6-1-14(2-7-21)11-26-22-8-3-15(4-9-22)24-18-17-16(5-10-25-17)19-12-20-18/h12-15H,1-11H2. The zero-order valence-corrected chi connectivity index (χ0v) is 16.6. The van der Waals surface area contributed by atoms with Gasteiger partial charge in [0.15, 0.2) is 0 Å². The fourth-order valence-electron chi connectivity index (χ4n) is 3.72. The van der Waals surface area contributed by atoms with Gasteiger partial charge in [-0.2, -0.15) is 0 Å². The summed E-state index contributed by atoms with van der Waals surface area (Å²) in [5.74, 6) is 3.80. The number of amides is 1. The summed E-state index contributed by atoms with van der Waals surface area (Å²) >= 11 is 3.80. The van der Waals surface area contributed by atoms with Gasteiger partial charge in [0, 0.05) is 44.1 Å². The molecule has 0 radical (unpaired) electrons. The van der Waals surface area contributed by atoms with Crippen molar-refractivity contribution in [3.8, 4) is 5.88 Å². The summed E-state index contributed by atoms with van der Waals surface area (Å²) in [6.07, 6.45) is 8.31. The highest BCUT2D eigenvalue weighted by atomic mass is 32.2. The highest BCUT2D eigenvalue weighted by Gasteiger charge is 2.26. The number of aryl methyl sites for hydroxylation is 1. The molecule has 0 spiro atoms. The first-order valence-corrected chi connectivity index (χ1v) is 11.4. The summed E-state index contributed by atoms with van der Waals surface area (Å²) in [4.78, 5) is 22.6. The van der Waals surface area contributed by atoms with Gasteiger partial charge in [-0.05, 0) is 31.6 Å². The first-order valence-electron chi connectivity index (χ1n) is 9.52. The van der Waals surface area contributed by atoms with Gasteiger partial charge in [-0.3, -0.25) is 9.10 Å². The molecule has 6 nitrogen and oxygen atoms in total. The van der Waals surface area contributed by atoms with Crippen molar-refractivity contribution in [3.05, 3.63) is 12.0 Å². The van der Waals surface area contributed by atoms with Crippen molar-refractivity contribution in [2.45, 2.75) is 43.1 Å². The van der Waals surface area contributed by atoms with Crippen molar-refractivity contribution in [1.29, 1.82) is 0 Å². The van der Waals surface area contributed by atoms with Gasteiger partial charge >= 0.3 is 0 Å². The number of ether oxygens (including phenoxy) is 1. The van der Waals surface area contributed by atoms with E-state index in [0.717, 1.165) is 92.8 Å². The Bertz CT molecular complexity index is 617. The predicted octanol–water partition coefficient (Wildman–Crippen LogP) is 2.48. The Labute approximate surface area is 163 Å². The Morgan fingerprint density at radius 3 is 2.77 bits per heavy atom. The molecule has 0 aliphatic carbocycles. The van der Waals surface area contributed by atoms with Crippen molar-refractivity contribution >= 4 is 30.1 Å². The van der Waals surface area contributed by atoms with Crippen LogP contribution in [0.4, 0.5) is 0 Å². The Balaban J connectivity index is 1.19. The van der Waals surface area contributed by atoms with Crippen molar-refractivity contribution in [2.75, 3.05) is 37.7 Å². The monoisotopic (exact) mass is 394 g/mol. The van der Waals surface area contributed by atoms with Crippen LogP contribution in [0.1, 0.15) is 31.4 Å². The fraction of sp³-hybridized carbons (Fsp3) is 0.722. The van der Waals surface area contributed by atoms with Crippen LogP contribution in [0.15, 0.2) is 11.2 Å². The Morgan fingerprint density at radius 1 is 1.19 bits per heavy atom. The number of rotatable bonds is 6. The molecule has 0 aromatic carbocycles. The van der Waals surface area contributed by atoms with Gasteiger partial charge in [0.05, 0.1) is 10.6 Å². The van der Waals surface area contributed by atoms with E-state index in [-0.39, 0.29) is 6.10 Å². The molecule has 4 heterocycles. The summed E-state index contributed by atoms with van der Waals surface area (Å²) in [6, 6.07) is 0. The van der Waals surface area contributed by atoms with Crippen LogP contribution in [-0.2, 0) is 11.2 Å². The molecular weight excluding hydrogens is 368 g/mol. The average molecular weight is 395 g/mol. The molecule has 0 bridgehead atoms. The molecule has 3 aliphatic heterocycles. The lowest BCUT2D eigenvalue weighted by atomic mass is 10.00. The molecule has 2 saturated heterocycles. The lowest BCUT2D eigenvalue weighted by molar-refractivity contribution is -0.119. The van der Waals surface area contributed by atoms with Crippen LogP contribution in [0.3, 0.4) is 0 Å². The molecule has 0 N–H and O–H groups in total. The molecule has 0 saturated carbocycles. The number of carbonyl (C=O) groups is 1. The van der Waals surface area contributed by atoms with E-state index in [1.807, 2.05) is 28.6 Å². The van der Waals surface area contributed by atoms with E-state index in [2.05, 4.69) is 14.3 Å². The van der Waals surface area contributed by atoms with Crippen molar-refractivity contribution in [1.82, 2.24) is 19.2 Å². The minimum absolute atomic E-state index is 0.267. The molecule has 0 atom stereocenters. The van der Waals surface area contributed by atoms with Crippen LogP contribution in [0, 0.1) is 5.92 Å².